The lowest BCUT2D eigenvalue weighted by atomic mass is 10.2. The summed E-state index contributed by atoms with van der Waals surface area (Å²) < 4.78 is 0. The number of rotatable bonds is 2. The third-order valence-corrected chi connectivity index (χ3v) is 1.00. The number of hydrogen-bond donors (Lipinski definition) is 1. The van der Waals surface area contributed by atoms with Crippen molar-refractivity contribution in [2.24, 2.45) is 0 Å². The van der Waals surface area contributed by atoms with Crippen LogP contribution in [0.5, 0.6) is 0 Å². The Morgan fingerprint density at radius 3 is 2.25 bits per heavy atom. The molecule has 0 rings (SSSR count). The Morgan fingerprint density at radius 2 is 2.25 bits per heavy atom. The Morgan fingerprint density at radius 1 is 1.75 bits per heavy atom. The Kier molecular flexibility index (Phi) is 2.92. The number of carboxylic acids is 1. The first-order valence-electron chi connectivity index (χ1n) is 2.60. The van der Waals surface area contributed by atoms with Gasteiger partial charge in [-0.25, -0.2) is 4.79 Å². The lowest BCUT2D eigenvalue weighted by molar-refractivity contribution is -0.132. The molecule has 0 unspecified atom stereocenters. The van der Waals surface area contributed by atoms with Crippen LogP contribution in [0.1, 0.15) is 20.3 Å². The van der Waals surface area contributed by atoms with E-state index in [0.29, 0.717) is 12.0 Å². The van der Waals surface area contributed by atoms with E-state index in [4.69, 9.17) is 5.11 Å². The van der Waals surface area contributed by atoms with Gasteiger partial charge in [0.15, 0.2) is 0 Å². The highest BCUT2D eigenvalue weighted by atomic mass is 16.4. The first-order valence-corrected chi connectivity index (χ1v) is 2.60. The van der Waals surface area contributed by atoms with Crippen LogP contribution in [-0.2, 0) is 4.79 Å². The van der Waals surface area contributed by atoms with Gasteiger partial charge >= 0.3 is 5.97 Å². The van der Waals surface area contributed by atoms with Gasteiger partial charge in [0.05, 0.1) is 0 Å². The van der Waals surface area contributed by atoms with E-state index in [1.807, 2.05) is 6.92 Å². The zero-order chi connectivity index (χ0) is 6.57. The molecular formula is C6H10O2. The van der Waals surface area contributed by atoms with Gasteiger partial charge in [-0.15, -0.1) is 0 Å². The van der Waals surface area contributed by atoms with Crippen LogP contribution in [0.15, 0.2) is 11.6 Å². The van der Waals surface area contributed by atoms with Gasteiger partial charge in [-0.3, -0.25) is 0 Å². The van der Waals surface area contributed by atoms with Gasteiger partial charge in [-0.1, -0.05) is 13.0 Å². The number of allylic oxidation sites excluding steroid dienone is 1. The largest absolute Gasteiger partial charge is 0.478 e. The zero-order valence-electron chi connectivity index (χ0n) is 5.14. The maximum absolute atomic E-state index is 10.1. The van der Waals surface area contributed by atoms with Crippen molar-refractivity contribution in [3.63, 3.8) is 0 Å². The van der Waals surface area contributed by atoms with Crippen molar-refractivity contribution in [3.8, 4) is 0 Å². The van der Waals surface area contributed by atoms with Crippen molar-refractivity contribution in [2.75, 3.05) is 0 Å². The summed E-state index contributed by atoms with van der Waals surface area (Å²) in [6, 6.07) is 0. The maximum Gasteiger partial charge on any atom is 0.331 e. The first-order chi connectivity index (χ1) is 3.72. The molecule has 0 saturated heterocycles. The summed E-state index contributed by atoms with van der Waals surface area (Å²) in [5.41, 5.74) is 0.477. The fourth-order valence-corrected chi connectivity index (χ4v) is 0.479. The molecule has 2 heteroatoms. The summed E-state index contributed by atoms with van der Waals surface area (Å²) in [5.74, 6) is -0.810. The molecule has 0 atom stereocenters. The smallest absolute Gasteiger partial charge is 0.331 e. The van der Waals surface area contributed by atoms with E-state index in [1.165, 1.54) is 0 Å². The topological polar surface area (TPSA) is 37.3 Å². The lowest BCUT2D eigenvalue weighted by Crippen LogP contribution is -1.97. The highest BCUT2D eigenvalue weighted by Crippen LogP contribution is 1.97. The standard InChI is InChI=1S/C6H10O2/c1-3-5(4-2)6(7)8/h3H,4H2,1-2H3,(H,7,8)/b5-3+. The van der Waals surface area contributed by atoms with E-state index < -0.39 is 5.97 Å². The molecule has 0 aliphatic heterocycles. The summed E-state index contributed by atoms with van der Waals surface area (Å²) in [6.07, 6.45) is 2.22. The van der Waals surface area contributed by atoms with Crippen molar-refractivity contribution in [1.29, 1.82) is 0 Å². The first kappa shape index (κ1) is 7.21. The number of carbonyl (C=O) groups is 1. The third-order valence-electron chi connectivity index (χ3n) is 1.00. The van der Waals surface area contributed by atoms with Gasteiger partial charge in [0.25, 0.3) is 0 Å². The predicted molar refractivity (Wildman–Crippen MR) is 31.7 cm³/mol. The molecule has 0 radical (unpaired) electrons. The summed E-state index contributed by atoms with van der Waals surface area (Å²) >= 11 is 0. The average Bonchev–Trinajstić information content (AvgIpc) is 1.69. The molecule has 0 fully saturated rings. The van der Waals surface area contributed by atoms with Gasteiger partial charge in [0.1, 0.15) is 0 Å². The summed E-state index contributed by atoms with van der Waals surface area (Å²) in [7, 11) is 0. The van der Waals surface area contributed by atoms with E-state index >= 15 is 0 Å². The van der Waals surface area contributed by atoms with Gasteiger partial charge in [-0.2, -0.15) is 0 Å². The van der Waals surface area contributed by atoms with Crippen molar-refractivity contribution < 1.29 is 9.90 Å². The van der Waals surface area contributed by atoms with E-state index in [1.54, 1.807) is 13.0 Å². The molecule has 8 heavy (non-hydrogen) atoms. The quantitative estimate of drug-likeness (QED) is 0.551. The van der Waals surface area contributed by atoms with Gasteiger partial charge in [-0.05, 0) is 13.3 Å². The zero-order valence-corrected chi connectivity index (χ0v) is 5.14. The molecule has 0 aromatic rings. The Hall–Kier alpha value is -0.790. The highest BCUT2D eigenvalue weighted by Gasteiger charge is 1.99. The van der Waals surface area contributed by atoms with Crippen LogP contribution in [0, 0.1) is 0 Å². The Bertz CT molecular complexity index is 114. The van der Waals surface area contributed by atoms with Gasteiger partial charge in [0.2, 0.25) is 0 Å². The summed E-state index contributed by atoms with van der Waals surface area (Å²) in [6.45, 7) is 3.55. The minimum atomic E-state index is -0.810. The molecular weight excluding hydrogens is 104 g/mol. The molecule has 0 spiro atoms. The Labute approximate surface area is 48.8 Å². The number of hydrogen-bond acceptors (Lipinski definition) is 1. The van der Waals surface area contributed by atoms with Crippen LogP contribution in [0.3, 0.4) is 0 Å². The molecule has 46 valence electrons. The minimum absolute atomic E-state index is 0.477. The van der Waals surface area contributed by atoms with Gasteiger partial charge in [0, 0.05) is 5.57 Å². The second-order valence-electron chi connectivity index (χ2n) is 1.47. The van der Waals surface area contributed by atoms with Gasteiger partial charge < -0.3 is 5.11 Å². The summed E-state index contributed by atoms with van der Waals surface area (Å²) in [5, 5.41) is 8.30. The molecule has 0 heterocycles. The average molecular weight is 114 g/mol. The monoisotopic (exact) mass is 114 g/mol. The van der Waals surface area contributed by atoms with E-state index in [9.17, 15) is 4.79 Å². The Balaban J connectivity index is 3.92. The molecule has 0 aliphatic rings. The molecule has 2 nitrogen and oxygen atoms in total. The summed E-state index contributed by atoms with van der Waals surface area (Å²) in [4.78, 5) is 10.1. The highest BCUT2D eigenvalue weighted by molar-refractivity contribution is 5.86. The van der Waals surface area contributed by atoms with Crippen LogP contribution < -0.4 is 0 Å². The van der Waals surface area contributed by atoms with E-state index in [-0.39, 0.29) is 0 Å². The second-order valence-corrected chi connectivity index (χ2v) is 1.47. The van der Waals surface area contributed by atoms with Crippen molar-refractivity contribution in [1.82, 2.24) is 0 Å². The third kappa shape index (κ3) is 1.78. The molecule has 0 aromatic heterocycles. The van der Waals surface area contributed by atoms with Crippen molar-refractivity contribution in [2.45, 2.75) is 20.3 Å². The molecule has 1 N–H and O–H groups in total. The second kappa shape index (κ2) is 3.24. The van der Waals surface area contributed by atoms with Crippen molar-refractivity contribution >= 4 is 5.97 Å². The maximum atomic E-state index is 10.1. The number of carboxylic acid groups (broad SMARTS) is 1. The molecule has 0 aromatic carbocycles. The van der Waals surface area contributed by atoms with Crippen LogP contribution in [0.25, 0.3) is 0 Å². The molecule has 0 bridgehead atoms. The van der Waals surface area contributed by atoms with E-state index in [2.05, 4.69) is 0 Å². The van der Waals surface area contributed by atoms with Crippen molar-refractivity contribution in [3.05, 3.63) is 11.6 Å². The number of aliphatic carboxylic acids is 1. The fourth-order valence-electron chi connectivity index (χ4n) is 0.479. The van der Waals surface area contributed by atoms with Crippen LogP contribution in [0.2, 0.25) is 0 Å². The minimum Gasteiger partial charge on any atom is -0.478 e. The SMILES string of the molecule is C/C=C(\CC)C(=O)O. The van der Waals surface area contributed by atoms with Crippen LogP contribution in [-0.4, -0.2) is 11.1 Å². The molecule has 0 amide bonds. The molecule has 0 saturated carbocycles. The molecule has 0 aliphatic carbocycles. The normalized spacial score (nSPS) is 11.5. The van der Waals surface area contributed by atoms with Crippen LogP contribution >= 0.6 is 0 Å². The predicted octanol–water partition coefficient (Wildman–Crippen LogP) is 1.43. The fraction of sp³-hybridized carbons (Fsp3) is 0.500. The van der Waals surface area contributed by atoms with Crippen LogP contribution in [0.4, 0.5) is 0 Å². The lowest BCUT2D eigenvalue weighted by Gasteiger charge is -1.91. The van der Waals surface area contributed by atoms with E-state index in [0.717, 1.165) is 0 Å².